The second kappa shape index (κ2) is 3.71. The van der Waals surface area contributed by atoms with Crippen LogP contribution in [0.5, 0.6) is 0 Å². The van der Waals surface area contributed by atoms with Gasteiger partial charge in [-0.2, -0.15) is 13.2 Å². The highest BCUT2D eigenvalue weighted by atomic mass is 19.4. The summed E-state index contributed by atoms with van der Waals surface area (Å²) in [7, 11) is 0. The Balaban J connectivity index is 2.51. The summed E-state index contributed by atoms with van der Waals surface area (Å²) in [5.74, 6) is -0.339. The first-order chi connectivity index (χ1) is 7.75. The Bertz CT molecular complexity index is 425. The van der Waals surface area contributed by atoms with Gasteiger partial charge in [-0.3, -0.25) is 0 Å². The van der Waals surface area contributed by atoms with E-state index in [-0.39, 0.29) is 11.9 Å². The van der Waals surface area contributed by atoms with Crippen molar-refractivity contribution < 1.29 is 18.3 Å². The van der Waals surface area contributed by atoms with Crippen LogP contribution in [0.1, 0.15) is 31.4 Å². The van der Waals surface area contributed by atoms with Crippen LogP contribution in [-0.4, -0.2) is 27.4 Å². The predicted octanol–water partition coefficient (Wildman–Crippen LogP) is 1.32. The normalized spacial score (nSPS) is 24.2. The third-order valence-electron chi connectivity index (χ3n) is 3.05. The van der Waals surface area contributed by atoms with E-state index in [9.17, 15) is 18.3 Å². The lowest BCUT2D eigenvalue weighted by atomic mass is 10.0. The summed E-state index contributed by atoms with van der Waals surface area (Å²) in [5, 5.41) is 12.7. The van der Waals surface area contributed by atoms with Crippen molar-refractivity contribution in [3.05, 3.63) is 17.7 Å². The number of nitrogens with zero attached hydrogens (tertiary/aromatic N) is 2. The lowest BCUT2D eigenvalue weighted by molar-refractivity contribution is -0.263. The molecule has 2 rings (SSSR count). The fraction of sp³-hybridized carbons (Fsp3) is 0.700. The van der Waals surface area contributed by atoms with Crippen LogP contribution in [-0.2, 0) is 12.1 Å². The van der Waals surface area contributed by atoms with Crippen molar-refractivity contribution in [2.24, 2.45) is 0 Å². The van der Waals surface area contributed by atoms with E-state index >= 15 is 0 Å². The van der Waals surface area contributed by atoms with E-state index in [1.54, 1.807) is 6.92 Å². The number of rotatable bonds is 1. The Kier molecular flexibility index (Phi) is 2.70. The second-order valence-electron chi connectivity index (χ2n) is 4.49. The van der Waals surface area contributed by atoms with Crippen LogP contribution in [0, 0.1) is 0 Å². The van der Waals surface area contributed by atoms with Crippen molar-refractivity contribution in [3.63, 3.8) is 0 Å². The smallest absolute Gasteiger partial charge is 0.374 e. The van der Waals surface area contributed by atoms with Gasteiger partial charge in [-0.05, 0) is 13.8 Å². The molecule has 1 aliphatic heterocycles. The number of fused-ring (bicyclic) bond motifs is 1. The molecule has 0 aliphatic carbocycles. The first kappa shape index (κ1) is 12.4. The van der Waals surface area contributed by atoms with Crippen LogP contribution in [0.4, 0.5) is 13.2 Å². The number of aromatic nitrogens is 2. The average molecular weight is 249 g/mol. The van der Waals surface area contributed by atoms with Crippen LogP contribution in [0.15, 0.2) is 6.20 Å². The predicted molar refractivity (Wildman–Crippen MR) is 54.3 cm³/mol. The Hall–Kier alpha value is -1.08. The Labute approximate surface area is 96.5 Å². The molecule has 1 aromatic rings. The maximum atomic E-state index is 12.8. The van der Waals surface area contributed by atoms with E-state index in [2.05, 4.69) is 10.3 Å². The van der Waals surface area contributed by atoms with Crippen molar-refractivity contribution in [3.8, 4) is 0 Å². The Morgan fingerprint density at radius 2 is 2.18 bits per heavy atom. The van der Waals surface area contributed by atoms with Gasteiger partial charge in [0.15, 0.2) is 5.82 Å². The van der Waals surface area contributed by atoms with Gasteiger partial charge in [0.2, 0.25) is 5.60 Å². The summed E-state index contributed by atoms with van der Waals surface area (Å²) in [6, 6.07) is -0.162. The van der Waals surface area contributed by atoms with Gasteiger partial charge in [-0.1, -0.05) is 0 Å². The molecule has 7 heteroatoms. The summed E-state index contributed by atoms with van der Waals surface area (Å²) in [4.78, 5) is 3.74. The molecular formula is C10H14F3N3O. The minimum Gasteiger partial charge on any atom is -0.374 e. The monoisotopic (exact) mass is 249 g/mol. The summed E-state index contributed by atoms with van der Waals surface area (Å²) >= 11 is 0. The molecule has 0 unspecified atom stereocenters. The van der Waals surface area contributed by atoms with E-state index in [4.69, 9.17) is 0 Å². The molecule has 0 radical (unpaired) electrons. The van der Waals surface area contributed by atoms with Crippen molar-refractivity contribution in [2.45, 2.75) is 38.2 Å². The molecule has 0 saturated heterocycles. The number of hydrogen-bond donors (Lipinski definition) is 2. The van der Waals surface area contributed by atoms with Gasteiger partial charge < -0.3 is 15.0 Å². The fourth-order valence-corrected chi connectivity index (χ4v) is 2.01. The topological polar surface area (TPSA) is 50.1 Å². The maximum Gasteiger partial charge on any atom is 0.424 e. The molecule has 4 nitrogen and oxygen atoms in total. The molecule has 2 N–H and O–H groups in total. The van der Waals surface area contributed by atoms with Crippen molar-refractivity contribution in [1.29, 1.82) is 0 Å². The summed E-state index contributed by atoms with van der Waals surface area (Å²) < 4.78 is 39.8. The lowest BCUT2D eigenvalue weighted by Gasteiger charge is -2.31. The summed E-state index contributed by atoms with van der Waals surface area (Å²) in [6.07, 6.45) is -3.36. The highest BCUT2D eigenvalue weighted by Gasteiger charge is 2.54. The quantitative estimate of drug-likeness (QED) is 0.789. The molecule has 1 aromatic heterocycles. The van der Waals surface area contributed by atoms with Gasteiger partial charge in [0, 0.05) is 25.3 Å². The van der Waals surface area contributed by atoms with Crippen LogP contribution in [0.3, 0.4) is 0 Å². The van der Waals surface area contributed by atoms with Crippen LogP contribution in [0.25, 0.3) is 0 Å². The molecule has 17 heavy (non-hydrogen) atoms. The van der Waals surface area contributed by atoms with E-state index in [1.807, 2.05) is 0 Å². The highest BCUT2D eigenvalue weighted by molar-refractivity contribution is 5.16. The molecule has 96 valence electrons. The standard InChI is InChI=1S/C10H14F3N3O/c1-6-3-14-4-7-5-15-8(16(6)7)9(2,17)10(11,12)13/h5-6,14,17H,3-4H2,1-2H3/t6-,9+/m0/s1. The minimum atomic E-state index is -4.74. The zero-order valence-corrected chi connectivity index (χ0v) is 9.54. The zero-order valence-electron chi connectivity index (χ0n) is 9.54. The molecule has 0 bridgehead atoms. The van der Waals surface area contributed by atoms with E-state index in [0.29, 0.717) is 18.8 Å². The van der Waals surface area contributed by atoms with Gasteiger partial charge in [0.05, 0.1) is 5.69 Å². The molecule has 0 spiro atoms. The van der Waals surface area contributed by atoms with Gasteiger partial charge in [-0.25, -0.2) is 4.98 Å². The number of hydrogen-bond acceptors (Lipinski definition) is 3. The van der Waals surface area contributed by atoms with Crippen molar-refractivity contribution in [2.75, 3.05) is 6.54 Å². The largest absolute Gasteiger partial charge is 0.424 e. The van der Waals surface area contributed by atoms with E-state index < -0.39 is 11.8 Å². The molecule has 1 aliphatic rings. The number of imidazole rings is 1. The number of aliphatic hydroxyl groups is 1. The number of alkyl halides is 3. The average Bonchev–Trinajstić information content (AvgIpc) is 2.61. The maximum absolute atomic E-state index is 12.8. The van der Waals surface area contributed by atoms with Gasteiger partial charge >= 0.3 is 6.18 Å². The van der Waals surface area contributed by atoms with Crippen LogP contribution in [0.2, 0.25) is 0 Å². The Morgan fingerprint density at radius 3 is 2.76 bits per heavy atom. The number of nitrogens with one attached hydrogen (secondary N) is 1. The summed E-state index contributed by atoms with van der Waals surface area (Å²) in [5.41, 5.74) is -2.26. The van der Waals surface area contributed by atoms with Crippen LogP contribution >= 0.6 is 0 Å². The second-order valence-corrected chi connectivity index (χ2v) is 4.49. The minimum absolute atomic E-state index is 0.162. The molecular weight excluding hydrogens is 235 g/mol. The first-order valence-corrected chi connectivity index (χ1v) is 5.31. The highest BCUT2D eigenvalue weighted by Crippen LogP contribution is 2.39. The van der Waals surface area contributed by atoms with E-state index in [1.165, 1.54) is 10.8 Å². The zero-order chi connectivity index (χ0) is 12.8. The number of halogens is 3. The van der Waals surface area contributed by atoms with Crippen molar-refractivity contribution >= 4 is 0 Å². The van der Waals surface area contributed by atoms with Gasteiger partial charge in [0.25, 0.3) is 0 Å². The molecule has 0 fully saturated rings. The third-order valence-corrected chi connectivity index (χ3v) is 3.05. The molecule has 0 aromatic carbocycles. The van der Waals surface area contributed by atoms with Gasteiger partial charge in [0.1, 0.15) is 0 Å². The molecule has 2 atom stereocenters. The first-order valence-electron chi connectivity index (χ1n) is 5.31. The molecule has 2 heterocycles. The summed E-state index contributed by atoms with van der Waals surface area (Å²) in [6.45, 7) is 3.54. The molecule has 0 saturated carbocycles. The van der Waals surface area contributed by atoms with E-state index in [0.717, 1.165) is 6.92 Å². The SMILES string of the molecule is C[C@H]1CNCc2cnc([C@@](C)(O)C(F)(F)F)n21. The molecule has 0 amide bonds. The van der Waals surface area contributed by atoms with Crippen LogP contribution < -0.4 is 5.32 Å². The third kappa shape index (κ3) is 1.83. The van der Waals surface area contributed by atoms with Gasteiger partial charge in [-0.15, -0.1) is 0 Å². The Morgan fingerprint density at radius 1 is 1.53 bits per heavy atom. The lowest BCUT2D eigenvalue weighted by Crippen LogP contribution is -2.44. The fourth-order valence-electron chi connectivity index (χ4n) is 2.01. The van der Waals surface area contributed by atoms with Crippen molar-refractivity contribution in [1.82, 2.24) is 14.9 Å².